The maximum absolute atomic E-state index is 5.80. The lowest BCUT2D eigenvalue weighted by Gasteiger charge is -2.29. The second-order valence-electron chi connectivity index (χ2n) is 6.28. The van der Waals surface area contributed by atoms with E-state index >= 15 is 0 Å². The van der Waals surface area contributed by atoms with Crippen molar-refractivity contribution in [2.75, 3.05) is 45.9 Å². The summed E-state index contributed by atoms with van der Waals surface area (Å²) in [7, 11) is 0. The van der Waals surface area contributed by atoms with E-state index in [1.165, 1.54) is 11.1 Å². The Morgan fingerprint density at radius 3 is 2.68 bits per heavy atom. The van der Waals surface area contributed by atoms with Gasteiger partial charge in [-0.2, -0.15) is 0 Å². The zero-order valence-corrected chi connectivity index (χ0v) is 15.0. The zero-order valence-electron chi connectivity index (χ0n) is 13.5. The minimum absolute atomic E-state index is 0.461. The van der Waals surface area contributed by atoms with E-state index in [2.05, 4.69) is 46.1 Å². The lowest BCUT2D eigenvalue weighted by molar-refractivity contribution is 0.170. The molecule has 122 valence electrons. The molecule has 0 atom stereocenters. The first kappa shape index (κ1) is 16.1. The summed E-state index contributed by atoms with van der Waals surface area (Å²) in [5.41, 5.74) is 2.74. The Balaban J connectivity index is 1.83. The quantitative estimate of drug-likeness (QED) is 0.885. The Labute approximate surface area is 141 Å². The van der Waals surface area contributed by atoms with Gasteiger partial charge in [-0.25, -0.2) is 0 Å². The predicted octanol–water partition coefficient (Wildman–Crippen LogP) is 2.79. The second-order valence-corrected chi connectivity index (χ2v) is 7.08. The van der Waals surface area contributed by atoms with E-state index in [-0.39, 0.29) is 0 Å². The number of rotatable bonds is 4. The zero-order chi connectivity index (χ0) is 15.5. The molecule has 2 heterocycles. The number of hydrogen-bond donors (Lipinski definition) is 1. The van der Waals surface area contributed by atoms with Crippen molar-refractivity contribution in [1.82, 2.24) is 10.2 Å². The van der Waals surface area contributed by atoms with E-state index in [1.807, 2.05) is 0 Å². The molecule has 1 fully saturated rings. The summed E-state index contributed by atoms with van der Waals surface area (Å²) in [6.07, 6.45) is 1.06. The van der Waals surface area contributed by atoms with Crippen molar-refractivity contribution in [3.05, 3.63) is 21.7 Å². The van der Waals surface area contributed by atoms with Crippen molar-refractivity contribution < 1.29 is 9.47 Å². The lowest BCUT2D eigenvalue weighted by atomic mass is 9.94. The molecule has 1 N–H and O–H groups in total. The number of benzene rings is 1. The summed E-state index contributed by atoms with van der Waals surface area (Å²) in [6, 6.07) is 2.19. The van der Waals surface area contributed by atoms with Gasteiger partial charge < -0.3 is 19.7 Å². The van der Waals surface area contributed by atoms with Crippen LogP contribution in [0.3, 0.4) is 0 Å². The molecule has 1 saturated heterocycles. The summed E-state index contributed by atoms with van der Waals surface area (Å²) >= 11 is 3.76. The summed E-state index contributed by atoms with van der Waals surface area (Å²) in [5.74, 6) is 2.22. The van der Waals surface area contributed by atoms with E-state index in [4.69, 9.17) is 9.47 Å². The molecule has 5 heteroatoms. The summed E-state index contributed by atoms with van der Waals surface area (Å²) in [4.78, 5) is 2.53. The molecule has 1 aromatic rings. The van der Waals surface area contributed by atoms with Crippen molar-refractivity contribution >= 4 is 15.9 Å². The molecule has 2 aliphatic rings. The van der Waals surface area contributed by atoms with E-state index < -0.39 is 0 Å². The highest BCUT2D eigenvalue weighted by atomic mass is 79.9. The Morgan fingerprint density at radius 2 is 1.95 bits per heavy atom. The monoisotopic (exact) mass is 368 g/mol. The molecule has 0 spiro atoms. The van der Waals surface area contributed by atoms with Gasteiger partial charge in [0.15, 0.2) is 11.5 Å². The summed E-state index contributed by atoms with van der Waals surface area (Å²) < 4.78 is 12.7. The van der Waals surface area contributed by atoms with E-state index in [1.54, 1.807) is 0 Å². The van der Waals surface area contributed by atoms with Gasteiger partial charge in [-0.05, 0) is 45.5 Å². The van der Waals surface area contributed by atoms with E-state index in [0.29, 0.717) is 19.1 Å². The molecule has 4 nitrogen and oxygen atoms in total. The van der Waals surface area contributed by atoms with Crippen LogP contribution in [-0.2, 0) is 6.42 Å². The molecule has 0 radical (unpaired) electrons. The Kier molecular flexibility index (Phi) is 5.26. The van der Waals surface area contributed by atoms with Crippen LogP contribution in [0.15, 0.2) is 10.5 Å². The average Bonchev–Trinajstić information content (AvgIpc) is 2.53. The molecular weight excluding hydrogens is 344 g/mol. The first-order valence-corrected chi connectivity index (χ1v) is 9.00. The standard InChI is InChI=1S/C17H25BrN2O2/c1-12(2)15-13(3-6-20-7-4-19-5-8-20)11-14-17(16(15)18)22-10-9-21-14/h11-12,19H,3-10H2,1-2H3. The van der Waals surface area contributed by atoms with Gasteiger partial charge in [0.25, 0.3) is 0 Å². The average molecular weight is 369 g/mol. The van der Waals surface area contributed by atoms with Gasteiger partial charge in [0.1, 0.15) is 13.2 Å². The number of nitrogens with one attached hydrogen (secondary N) is 1. The van der Waals surface area contributed by atoms with Gasteiger partial charge in [0.2, 0.25) is 0 Å². The fourth-order valence-electron chi connectivity index (χ4n) is 3.25. The molecule has 0 amide bonds. The maximum atomic E-state index is 5.80. The van der Waals surface area contributed by atoms with Gasteiger partial charge in [-0.3, -0.25) is 0 Å². The van der Waals surface area contributed by atoms with Gasteiger partial charge in [-0.15, -0.1) is 0 Å². The van der Waals surface area contributed by atoms with Crippen LogP contribution in [0.1, 0.15) is 30.9 Å². The fourth-order valence-corrected chi connectivity index (χ4v) is 4.28. The van der Waals surface area contributed by atoms with Crippen molar-refractivity contribution in [2.24, 2.45) is 0 Å². The maximum Gasteiger partial charge on any atom is 0.175 e. The van der Waals surface area contributed by atoms with Gasteiger partial charge >= 0.3 is 0 Å². The highest BCUT2D eigenvalue weighted by molar-refractivity contribution is 9.10. The van der Waals surface area contributed by atoms with Crippen LogP contribution < -0.4 is 14.8 Å². The van der Waals surface area contributed by atoms with E-state index in [0.717, 1.165) is 55.1 Å². The molecule has 1 aromatic carbocycles. The third kappa shape index (κ3) is 3.42. The summed E-state index contributed by atoms with van der Waals surface area (Å²) in [5, 5.41) is 3.41. The highest BCUT2D eigenvalue weighted by Gasteiger charge is 2.23. The fraction of sp³-hybridized carbons (Fsp3) is 0.647. The number of ether oxygens (including phenoxy) is 2. The largest absolute Gasteiger partial charge is 0.486 e. The molecule has 3 rings (SSSR count). The third-order valence-corrected chi connectivity index (χ3v) is 5.17. The SMILES string of the molecule is CC(C)c1c(CCN2CCNCC2)cc2c(c1Br)OCCO2. The number of halogens is 1. The van der Waals surface area contributed by atoms with Crippen molar-refractivity contribution in [1.29, 1.82) is 0 Å². The molecule has 0 aromatic heterocycles. The van der Waals surface area contributed by atoms with Crippen molar-refractivity contribution in [2.45, 2.75) is 26.2 Å². The first-order chi connectivity index (χ1) is 10.7. The van der Waals surface area contributed by atoms with Crippen LogP contribution in [-0.4, -0.2) is 50.8 Å². The summed E-state index contributed by atoms with van der Waals surface area (Å²) in [6.45, 7) is 11.3. The Hall–Kier alpha value is -0.780. The number of hydrogen-bond acceptors (Lipinski definition) is 4. The molecule has 0 saturated carbocycles. The van der Waals surface area contributed by atoms with Gasteiger partial charge in [-0.1, -0.05) is 13.8 Å². The minimum Gasteiger partial charge on any atom is -0.486 e. The van der Waals surface area contributed by atoms with Gasteiger partial charge in [0, 0.05) is 32.7 Å². The first-order valence-electron chi connectivity index (χ1n) is 8.20. The number of piperazine rings is 1. The topological polar surface area (TPSA) is 33.7 Å². The number of fused-ring (bicyclic) bond motifs is 1. The van der Waals surface area contributed by atoms with Crippen LogP contribution in [0, 0.1) is 0 Å². The third-order valence-electron chi connectivity index (χ3n) is 4.38. The minimum atomic E-state index is 0.461. The Morgan fingerprint density at radius 1 is 1.23 bits per heavy atom. The highest BCUT2D eigenvalue weighted by Crippen LogP contribution is 2.44. The molecule has 22 heavy (non-hydrogen) atoms. The van der Waals surface area contributed by atoms with Crippen LogP contribution in [0.2, 0.25) is 0 Å². The van der Waals surface area contributed by atoms with Gasteiger partial charge in [0.05, 0.1) is 4.47 Å². The molecule has 2 aliphatic heterocycles. The van der Waals surface area contributed by atoms with Crippen LogP contribution in [0.25, 0.3) is 0 Å². The molecule has 0 unspecified atom stereocenters. The van der Waals surface area contributed by atoms with Crippen LogP contribution >= 0.6 is 15.9 Å². The van der Waals surface area contributed by atoms with Crippen molar-refractivity contribution in [3.8, 4) is 11.5 Å². The molecule has 0 aliphatic carbocycles. The lowest BCUT2D eigenvalue weighted by Crippen LogP contribution is -2.44. The molecule has 0 bridgehead atoms. The number of nitrogens with zero attached hydrogens (tertiary/aromatic N) is 1. The molecular formula is C17H25BrN2O2. The second kappa shape index (κ2) is 7.20. The predicted molar refractivity (Wildman–Crippen MR) is 92.2 cm³/mol. The van der Waals surface area contributed by atoms with Crippen molar-refractivity contribution in [3.63, 3.8) is 0 Å². The normalized spacial score (nSPS) is 18.7. The van der Waals surface area contributed by atoms with Crippen LogP contribution in [0.5, 0.6) is 11.5 Å². The van der Waals surface area contributed by atoms with Crippen LogP contribution in [0.4, 0.5) is 0 Å². The van der Waals surface area contributed by atoms with E-state index in [9.17, 15) is 0 Å². The smallest absolute Gasteiger partial charge is 0.175 e. The Bertz CT molecular complexity index is 528.